The zero-order valence-corrected chi connectivity index (χ0v) is 11.8. The van der Waals surface area contributed by atoms with Gasteiger partial charge >= 0.3 is 6.09 Å². The molecule has 0 unspecified atom stereocenters. The Kier molecular flexibility index (Phi) is 5.39. The Morgan fingerprint density at radius 2 is 2.15 bits per heavy atom. The Labute approximate surface area is 117 Å². The highest BCUT2D eigenvalue weighted by Gasteiger charge is 2.15. The molecular weight excluding hydrogens is 261 g/mol. The normalized spacial score (nSPS) is 10.4. The van der Waals surface area contributed by atoms with Crippen molar-refractivity contribution in [1.29, 1.82) is 0 Å². The van der Waals surface area contributed by atoms with E-state index in [-0.39, 0.29) is 17.9 Å². The van der Waals surface area contributed by atoms with Crippen LogP contribution in [-0.4, -0.2) is 23.3 Å². The number of alkyl carbamates (subject to hydrolysis) is 1. The van der Waals surface area contributed by atoms with Crippen LogP contribution in [-0.2, 0) is 4.74 Å². The summed E-state index contributed by atoms with van der Waals surface area (Å²) in [5, 5.41) is 12.0. The number of halogens is 1. The van der Waals surface area contributed by atoms with Gasteiger partial charge in [-0.2, -0.15) is 0 Å². The van der Waals surface area contributed by atoms with Crippen LogP contribution in [0.1, 0.15) is 32.8 Å². The van der Waals surface area contributed by atoms with Gasteiger partial charge in [-0.05, 0) is 32.9 Å². The van der Waals surface area contributed by atoms with Crippen molar-refractivity contribution in [1.82, 2.24) is 5.32 Å². The van der Waals surface area contributed by atoms with Gasteiger partial charge in [-0.3, -0.25) is 0 Å². The van der Waals surface area contributed by atoms with Gasteiger partial charge in [-0.1, -0.05) is 17.9 Å². The van der Waals surface area contributed by atoms with E-state index in [9.17, 15) is 14.3 Å². The molecule has 20 heavy (non-hydrogen) atoms. The first-order valence-corrected chi connectivity index (χ1v) is 6.23. The third-order valence-corrected chi connectivity index (χ3v) is 2.12. The summed E-state index contributed by atoms with van der Waals surface area (Å²) in [6.45, 7) is 5.60. The van der Waals surface area contributed by atoms with Crippen LogP contribution < -0.4 is 5.32 Å². The molecule has 0 aliphatic heterocycles. The molecule has 1 rings (SSSR count). The van der Waals surface area contributed by atoms with Gasteiger partial charge in [0.25, 0.3) is 0 Å². The van der Waals surface area contributed by atoms with Gasteiger partial charge in [0.15, 0.2) is 0 Å². The smallest absolute Gasteiger partial charge is 0.407 e. The minimum atomic E-state index is -0.572. The number of hydrogen-bond donors (Lipinski definition) is 2. The molecule has 0 saturated heterocycles. The molecule has 0 spiro atoms. The average Bonchev–Trinajstić information content (AvgIpc) is 2.29. The Morgan fingerprint density at radius 3 is 2.75 bits per heavy atom. The number of phenolic OH excluding ortho intramolecular Hbond substituents is 1. The van der Waals surface area contributed by atoms with E-state index in [2.05, 4.69) is 17.2 Å². The van der Waals surface area contributed by atoms with Crippen molar-refractivity contribution >= 4 is 6.09 Å². The first-order valence-electron chi connectivity index (χ1n) is 6.23. The minimum absolute atomic E-state index is 0.0373. The van der Waals surface area contributed by atoms with E-state index in [4.69, 9.17) is 4.74 Å². The summed E-state index contributed by atoms with van der Waals surface area (Å²) in [6.07, 6.45) is -0.194. The quantitative estimate of drug-likeness (QED) is 0.646. The van der Waals surface area contributed by atoms with E-state index >= 15 is 0 Å². The topological polar surface area (TPSA) is 58.6 Å². The van der Waals surface area contributed by atoms with E-state index in [0.29, 0.717) is 6.42 Å². The molecule has 0 aliphatic carbocycles. The lowest BCUT2D eigenvalue weighted by molar-refractivity contribution is 0.0529. The van der Waals surface area contributed by atoms with Crippen LogP contribution in [0.5, 0.6) is 5.75 Å². The Bertz CT molecular complexity index is 518. The number of benzene rings is 1. The highest BCUT2D eigenvalue weighted by Crippen LogP contribution is 2.17. The fourth-order valence-electron chi connectivity index (χ4n) is 1.33. The lowest BCUT2D eigenvalue weighted by Gasteiger charge is -2.19. The van der Waals surface area contributed by atoms with Crippen molar-refractivity contribution in [3.8, 4) is 17.6 Å². The molecule has 0 heterocycles. The van der Waals surface area contributed by atoms with Crippen molar-refractivity contribution in [3.63, 3.8) is 0 Å². The monoisotopic (exact) mass is 279 g/mol. The van der Waals surface area contributed by atoms with E-state index in [1.165, 1.54) is 18.2 Å². The lowest BCUT2D eigenvalue weighted by Crippen LogP contribution is -2.32. The van der Waals surface area contributed by atoms with Crippen LogP contribution in [0.3, 0.4) is 0 Å². The molecule has 0 aliphatic rings. The number of ether oxygens (including phenoxy) is 1. The molecule has 1 amide bonds. The second kappa shape index (κ2) is 6.80. The lowest BCUT2D eigenvalue weighted by atomic mass is 10.2. The molecular formula is C15H18FNO3. The van der Waals surface area contributed by atoms with Gasteiger partial charge in [0.05, 0.1) is 0 Å². The van der Waals surface area contributed by atoms with Gasteiger partial charge in [0.2, 0.25) is 0 Å². The molecule has 0 radical (unpaired) electrons. The van der Waals surface area contributed by atoms with Crippen molar-refractivity contribution in [2.75, 3.05) is 6.54 Å². The number of rotatable bonds is 2. The highest BCUT2D eigenvalue weighted by atomic mass is 19.1. The second-order valence-corrected chi connectivity index (χ2v) is 5.11. The van der Waals surface area contributed by atoms with E-state index in [1.54, 1.807) is 20.8 Å². The highest BCUT2D eigenvalue weighted by molar-refractivity contribution is 5.67. The van der Waals surface area contributed by atoms with Gasteiger partial charge in [-0.25, -0.2) is 9.18 Å². The number of nitrogens with one attached hydrogen (secondary N) is 1. The number of hydrogen-bond acceptors (Lipinski definition) is 3. The molecule has 1 aromatic rings. The first-order chi connectivity index (χ1) is 9.29. The van der Waals surface area contributed by atoms with Crippen molar-refractivity contribution in [2.45, 2.75) is 32.8 Å². The predicted molar refractivity (Wildman–Crippen MR) is 73.8 cm³/mol. The zero-order valence-electron chi connectivity index (χ0n) is 11.8. The third kappa shape index (κ3) is 5.61. The summed E-state index contributed by atoms with van der Waals surface area (Å²) in [7, 11) is 0. The maximum atomic E-state index is 13.3. The van der Waals surface area contributed by atoms with Crippen molar-refractivity contribution < 1.29 is 19.0 Å². The molecule has 0 atom stereocenters. The molecule has 0 bridgehead atoms. The van der Waals surface area contributed by atoms with Crippen LogP contribution in [0.15, 0.2) is 18.2 Å². The van der Waals surface area contributed by atoms with Gasteiger partial charge in [0, 0.05) is 13.0 Å². The number of amides is 1. The van der Waals surface area contributed by atoms with Gasteiger partial charge in [-0.15, -0.1) is 0 Å². The first kappa shape index (κ1) is 15.8. The van der Waals surface area contributed by atoms with E-state index in [0.717, 1.165) is 0 Å². The average molecular weight is 279 g/mol. The van der Waals surface area contributed by atoms with Crippen molar-refractivity contribution in [2.24, 2.45) is 0 Å². The molecule has 108 valence electrons. The Morgan fingerprint density at radius 1 is 1.45 bits per heavy atom. The summed E-state index contributed by atoms with van der Waals surface area (Å²) in [6, 6.07) is 3.99. The second-order valence-electron chi connectivity index (χ2n) is 5.11. The SMILES string of the molecule is CC(C)(C)OC(=O)NCCC#Cc1c(O)cccc1F. The zero-order chi connectivity index (χ0) is 15.2. The summed E-state index contributed by atoms with van der Waals surface area (Å²) < 4.78 is 18.4. The van der Waals surface area contributed by atoms with Crippen LogP contribution >= 0.6 is 0 Å². The Balaban J connectivity index is 2.43. The maximum absolute atomic E-state index is 13.3. The molecule has 4 nitrogen and oxygen atoms in total. The van der Waals surface area contributed by atoms with Gasteiger partial charge in [0.1, 0.15) is 22.7 Å². The summed E-state index contributed by atoms with van der Waals surface area (Å²) in [4.78, 5) is 11.3. The summed E-state index contributed by atoms with van der Waals surface area (Å²) in [5.74, 6) is 4.45. The number of carbonyl (C=O) groups excluding carboxylic acids is 1. The maximum Gasteiger partial charge on any atom is 0.407 e. The van der Waals surface area contributed by atoms with E-state index < -0.39 is 17.5 Å². The van der Waals surface area contributed by atoms with Crippen LogP contribution in [0.25, 0.3) is 0 Å². The van der Waals surface area contributed by atoms with Gasteiger partial charge < -0.3 is 15.2 Å². The number of carbonyl (C=O) groups is 1. The number of aromatic hydroxyl groups is 1. The summed E-state index contributed by atoms with van der Waals surface area (Å²) in [5.41, 5.74) is -0.584. The van der Waals surface area contributed by atoms with E-state index in [1.807, 2.05) is 0 Å². The molecule has 2 N–H and O–H groups in total. The molecule has 0 saturated carbocycles. The minimum Gasteiger partial charge on any atom is -0.507 e. The molecule has 5 heteroatoms. The summed E-state index contributed by atoms with van der Waals surface area (Å²) >= 11 is 0. The largest absolute Gasteiger partial charge is 0.507 e. The van der Waals surface area contributed by atoms with Crippen LogP contribution in [0.2, 0.25) is 0 Å². The fraction of sp³-hybridized carbons (Fsp3) is 0.400. The standard InChI is InChI=1S/C15H18FNO3/c1-15(2,3)20-14(19)17-10-5-4-7-11-12(16)8-6-9-13(11)18/h6,8-9,18H,5,10H2,1-3H3,(H,17,19). The molecule has 1 aromatic carbocycles. The van der Waals surface area contributed by atoms with Crippen LogP contribution in [0.4, 0.5) is 9.18 Å². The third-order valence-electron chi connectivity index (χ3n) is 2.12. The Hall–Kier alpha value is -2.22. The fourth-order valence-corrected chi connectivity index (χ4v) is 1.33. The van der Waals surface area contributed by atoms with Crippen molar-refractivity contribution in [3.05, 3.63) is 29.6 Å². The van der Waals surface area contributed by atoms with Crippen LogP contribution in [0, 0.1) is 17.7 Å². The number of phenols is 1. The molecule has 0 aromatic heterocycles. The molecule has 0 fully saturated rings. The predicted octanol–water partition coefficient (Wildman–Crippen LogP) is 2.80.